The Morgan fingerprint density at radius 1 is 1.12 bits per heavy atom. The van der Waals surface area contributed by atoms with Crippen molar-refractivity contribution in [2.45, 2.75) is 69.5 Å². The van der Waals surface area contributed by atoms with Crippen molar-refractivity contribution in [2.24, 2.45) is 5.92 Å². The molecule has 2 aromatic rings. The zero-order valence-corrected chi connectivity index (χ0v) is 20.5. The van der Waals surface area contributed by atoms with Crippen molar-refractivity contribution < 1.29 is 24.8 Å². The SMILES string of the molecule is CO[C@@H]1[C@H](O)CC[C@]2(O)CN(c3ccc(Oc4ccccc4)cc3)[C@](C)([C@H](O)CC=C(C)C)[C@@H]12. The molecule has 3 N–H and O–H groups in total. The second kappa shape index (κ2) is 9.70. The van der Waals surface area contributed by atoms with Gasteiger partial charge in [0.2, 0.25) is 0 Å². The van der Waals surface area contributed by atoms with Gasteiger partial charge in [-0.05, 0) is 76.4 Å². The van der Waals surface area contributed by atoms with E-state index in [0.717, 1.165) is 17.0 Å². The van der Waals surface area contributed by atoms with Crippen LogP contribution < -0.4 is 9.64 Å². The van der Waals surface area contributed by atoms with Crippen LogP contribution in [-0.2, 0) is 4.74 Å². The Bertz CT molecular complexity index is 990. The summed E-state index contributed by atoms with van der Waals surface area (Å²) < 4.78 is 11.7. The highest BCUT2D eigenvalue weighted by atomic mass is 16.5. The van der Waals surface area contributed by atoms with Crippen molar-refractivity contribution in [1.29, 1.82) is 0 Å². The van der Waals surface area contributed by atoms with Crippen LogP contribution in [0.25, 0.3) is 0 Å². The second-order valence-electron chi connectivity index (χ2n) is 10.1. The number of hydrogen-bond donors (Lipinski definition) is 3. The van der Waals surface area contributed by atoms with Crippen LogP contribution in [0, 0.1) is 5.92 Å². The molecule has 2 fully saturated rings. The number of aliphatic hydroxyl groups excluding tert-OH is 2. The molecule has 0 spiro atoms. The maximum atomic E-state index is 11.8. The van der Waals surface area contributed by atoms with Gasteiger partial charge >= 0.3 is 0 Å². The third kappa shape index (κ3) is 4.48. The average Bonchev–Trinajstić information content (AvgIpc) is 3.07. The first-order valence-electron chi connectivity index (χ1n) is 12.0. The third-order valence-corrected chi connectivity index (χ3v) is 7.63. The number of rotatable bonds is 7. The predicted octanol–water partition coefficient (Wildman–Crippen LogP) is 4.29. The maximum Gasteiger partial charge on any atom is 0.127 e. The van der Waals surface area contributed by atoms with Crippen LogP contribution in [0.5, 0.6) is 11.5 Å². The van der Waals surface area contributed by atoms with Crippen molar-refractivity contribution in [3.8, 4) is 11.5 Å². The molecule has 1 heterocycles. The van der Waals surface area contributed by atoms with E-state index in [0.29, 0.717) is 31.6 Å². The van der Waals surface area contributed by atoms with E-state index >= 15 is 0 Å². The van der Waals surface area contributed by atoms with Crippen molar-refractivity contribution in [1.82, 2.24) is 0 Å². The fraction of sp³-hybridized carbons (Fsp3) is 0.500. The number of aliphatic hydroxyl groups is 3. The normalized spacial score (nSPS) is 31.6. The van der Waals surface area contributed by atoms with Gasteiger partial charge in [0.15, 0.2) is 0 Å². The van der Waals surface area contributed by atoms with Gasteiger partial charge in [-0.1, -0.05) is 29.8 Å². The molecule has 184 valence electrons. The van der Waals surface area contributed by atoms with Crippen LogP contribution in [0.1, 0.15) is 40.0 Å². The largest absolute Gasteiger partial charge is 0.457 e. The zero-order valence-electron chi connectivity index (χ0n) is 20.5. The third-order valence-electron chi connectivity index (χ3n) is 7.63. The summed E-state index contributed by atoms with van der Waals surface area (Å²) in [5.41, 5.74) is 0.0629. The van der Waals surface area contributed by atoms with Crippen molar-refractivity contribution in [3.63, 3.8) is 0 Å². The van der Waals surface area contributed by atoms with Gasteiger partial charge in [-0.3, -0.25) is 0 Å². The van der Waals surface area contributed by atoms with Gasteiger partial charge in [-0.15, -0.1) is 0 Å². The van der Waals surface area contributed by atoms with E-state index in [-0.39, 0.29) is 0 Å². The van der Waals surface area contributed by atoms with Gasteiger partial charge in [0, 0.05) is 25.3 Å². The summed E-state index contributed by atoms with van der Waals surface area (Å²) in [6, 6.07) is 17.3. The lowest BCUT2D eigenvalue weighted by atomic mass is 9.65. The molecule has 1 aliphatic carbocycles. The van der Waals surface area contributed by atoms with Crippen LogP contribution in [0.15, 0.2) is 66.2 Å². The molecule has 6 heteroatoms. The Morgan fingerprint density at radius 2 is 1.76 bits per heavy atom. The summed E-state index contributed by atoms with van der Waals surface area (Å²) in [5.74, 6) is 1.01. The van der Waals surface area contributed by atoms with Crippen LogP contribution in [0.2, 0.25) is 0 Å². The number of benzene rings is 2. The van der Waals surface area contributed by atoms with E-state index in [1.54, 1.807) is 7.11 Å². The first-order valence-corrected chi connectivity index (χ1v) is 12.0. The molecule has 2 aliphatic rings. The maximum absolute atomic E-state index is 11.8. The number of nitrogens with zero attached hydrogens (tertiary/aromatic N) is 1. The highest BCUT2D eigenvalue weighted by Crippen LogP contribution is 2.53. The molecule has 1 aliphatic heterocycles. The van der Waals surface area contributed by atoms with Crippen LogP contribution in [-0.4, -0.2) is 58.4 Å². The fourth-order valence-corrected chi connectivity index (χ4v) is 5.87. The standard InChI is InChI=1S/C28H37NO5/c1-19(2)10-15-24(31)27(3)26-25(33-4)23(30)16-17-28(26,32)18-29(27)20-11-13-22(14-12-20)34-21-8-6-5-7-9-21/h5-14,23-26,30-32H,15-18H2,1-4H3/t23-,24-,25-,26-,27-,28+/m1/s1. The van der Waals surface area contributed by atoms with Crippen LogP contribution in [0.4, 0.5) is 5.69 Å². The molecular weight excluding hydrogens is 430 g/mol. The molecule has 1 saturated carbocycles. The van der Waals surface area contributed by atoms with Crippen molar-refractivity contribution in [3.05, 3.63) is 66.2 Å². The molecular formula is C28H37NO5. The van der Waals surface area contributed by atoms with Crippen molar-refractivity contribution >= 4 is 5.69 Å². The number of para-hydroxylation sites is 1. The summed E-state index contributed by atoms with van der Waals surface area (Å²) in [4.78, 5) is 2.09. The molecule has 2 aromatic carbocycles. The summed E-state index contributed by atoms with van der Waals surface area (Å²) >= 11 is 0. The van der Waals surface area contributed by atoms with E-state index in [1.165, 1.54) is 0 Å². The van der Waals surface area contributed by atoms with Gasteiger partial charge in [0.1, 0.15) is 11.5 Å². The molecule has 0 bridgehead atoms. The van der Waals surface area contributed by atoms with Crippen LogP contribution >= 0.6 is 0 Å². The molecule has 0 radical (unpaired) electrons. The van der Waals surface area contributed by atoms with Crippen molar-refractivity contribution in [2.75, 3.05) is 18.6 Å². The minimum atomic E-state index is -1.08. The van der Waals surface area contributed by atoms with Gasteiger partial charge in [-0.25, -0.2) is 0 Å². The first kappa shape index (κ1) is 24.7. The Balaban J connectivity index is 1.70. The van der Waals surface area contributed by atoms with Gasteiger partial charge in [0.05, 0.1) is 29.5 Å². The lowest BCUT2D eigenvalue weighted by Gasteiger charge is -2.50. The van der Waals surface area contributed by atoms with E-state index in [9.17, 15) is 15.3 Å². The topological polar surface area (TPSA) is 82.4 Å². The average molecular weight is 468 g/mol. The summed E-state index contributed by atoms with van der Waals surface area (Å²) in [6.45, 7) is 6.35. The van der Waals surface area contributed by atoms with Crippen LogP contribution in [0.3, 0.4) is 0 Å². The Kier molecular flexibility index (Phi) is 7.06. The number of β-amino-alcohol motifs (C(OH)–C–C–N with tert-alkyl or cyclic N) is 1. The smallest absolute Gasteiger partial charge is 0.127 e. The monoisotopic (exact) mass is 467 g/mol. The van der Waals surface area contributed by atoms with Gasteiger partial charge in [-0.2, -0.15) is 0 Å². The molecule has 0 aromatic heterocycles. The number of fused-ring (bicyclic) bond motifs is 1. The molecule has 0 amide bonds. The molecule has 6 nitrogen and oxygen atoms in total. The number of anilines is 1. The molecule has 1 saturated heterocycles. The zero-order chi connectivity index (χ0) is 24.5. The second-order valence-corrected chi connectivity index (χ2v) is 10.1. The minimum Gasteiger partial charge on any atom is -0.457 e. The van der Waals surface area contributed by atoms with Gasteiger partial charge < -0.3 is 29.7 Å². The quantitative estimate of drug-likeness (QED) is 0.527. The Hall–Kier alpha value is -2.38. The van der Waals surface area contributed by atoms with E-state index in [4.69, 9.17) is 9.47 Å². The highest BCUT2D eigenvalue weighted by molar-refractivity contribution is 5.55. The number of methoxy groups -OCH3 is 1. The summed E-state index contributed by atoms with van der Waals surface area (Å²) in [5, 5.41) is 34.1. The molecule has 6 atom stereocenters. The van der Waals surface area contributed by atoms with E-state index in [2.05, 4.69) is 4.90 Å². The minimum absolute atomic E-state index is 0.353. The first-order chi connectivity index (χ1) is 16.2. The molecule has 0 unspecified atom stereocenters. The number of allylic oxidation sites excluding steroid dienone is 1. The Labute approximate surface area is 202 Å². The lowest BCUT2D eigenvalue weighted by Crippen LogP contribution is -2.63. The molecule has 4 rings (SSSR count). The lowest BCUT2D eigenvalue weighted by molar-refractivity contribution is -0.164. The summed E-state index contributed by atoms with van der Waals surface area (Å²) in [6.07, 6.45) is 1.35. The number of hydrogen-bond acceptors (Lipinski definition) is 6. The summed E-state index contributed by atoms with van der Waals surface area (Å²) in [7, 11) is 1.57. The Morgan fingerprint density at radius 3 is 2.38 bits per heavy atom. The number of ether oxygens (including phenoxy) is 2. The van der Waals surface area contributed by atoms with E-state index < -0.39 is 35.4 Å². The fourth-order valence-electron chi connectivity index (χ4n) is 5.87. The van der Waals surface area contributed by atoms with E-state index in [1.807, 2.05) is 81.4 Å². The van der Waals surface area contributed by atoms with Gasteiger partial charge in [0.25, 0.3) is 0 Å². The highest BCUT2D eigenvalue weighted by Gasteiger charge is 2.66. The molecule has 34 heavy (non-hydrogen) atoms. The predicted molar refractivity (Wildman–Crippen MR) is 133 cm³/mol.